The molecule has 0 aromatic rings. The average Bonchev–Trinajstić information content (AvgIpc) is 2.30. The second-order valence-corrected chi connectivity index (χ2v) is 3.79. The molecule has 0 saturated carbocycles. The van der Waals surface area contributed by atoms with Gasteiger partial charge >= 0.3 is 11.9 Å². The van der Waals surface area contributed by atoms with Crippen LogP contribution in [0.15, 0.2) is 0 Å². The number of rotatable bonds is 9. The number of carboxylic acids is 2. The van der Waals surface area contributed by atoms with Crippen LogP contribution in [0.4, 0.5) is 0 Å². The Morgan fingerprint density at radius 2 is 1.94 bits per heavy atom. The predicted molar refractivity (Wildman–Crippen MR) is 73.1 cm³/mol. The lowest BCUT2D eigenvalue weighted by molar-refractivity contribution is -0.139. The zero-order chi connectivity index (χ0) is 14.4. The van der Waals surface area contributed by atoms with Crippen molar-refractivity contribution < 1.29 is 19.8 Å². The molecule has 18 heavy (non-hydrogen) atoms. The van der Waals surface area contributed by atoms with Crippen LogP contribution in [0.5, 0.6) is 0 Å². The van der Waals surface area contributed by atoms with Gasteiger partial charge in [0.2, 0.25) is 0 Å². The lowest BCUT2D eigenvalue weighted by Crippen LogP contribution is -2.35. The average molecular weight is 281 g/mol. The van der Waals surface area contributed by atoms with Gasteiger partial charge in [0.25, 0.3) is 0 Å². The highest BCUT2D eigenvalue weighted by molar-refractivity contribution is 7.80. The van der Waals surface area contributed by atoms with Crippen molar-refractivity contribution in [2.24, 2.45) is 5.73 Å². The topological polar surface area (TPSA) is 125 Å². The standard InChI is InChI=1S/C6H14N2O2.C4H9NO2S/c7-3-1-2-4-8-5-6(9)10;1-5-3(2-8)4(6)7/h8H,1-5,7H2,(H,9,10);3,5,8H,2H2,1H3,(H,6,7)/t;3-/m.1/s1. The first kappa shape index (κ1) is 19.5. The normalized spacial score (nSPS) is 11.3. The van der Waals surface area contributed by atoms with Crippen LogP contribution in [-0.2, 0) is 9.59 Å². The van der Waals surface area contributed by atoms with Crippen molar-refractivity contribution in [3.05, 3.63) is 0 Å². The van der Waals surface area contributed by atoms with E-state index < -0.39 is 18.0 Å². The number of carboxylic acid groups (broad SMARTS) is 2. The van der Waals surface area contributed by atoms with Gasteiger partial charge in [0, 0.05) is 5.75 Å². The van der Waals surface area contributed by atoms with E-state index in [1.807, 2.05) is 0 Å². The van der Waals surface area contributed by atoms with Crippen molar-refractivity contribution in [2.75, 3.05) is 32.4 Å². The summed E-state index contributed by atoms with van der Waals surface area (Å²) in [6, 6.07) is -0.515. The first-order valence-electron chi connectivity index (χ1n) is 5.63. The third kappa shape index (κ3) is 15.2. The SMILES string of the molecule is CN[C@H](CS)C(=O)O.NCCCCNCC(=O)O. The fourth-order valence-corrected chi connectivity index (χ4v) is 1.22. The van der Waals surface area contributed by atoms with Gasteiger partial charge in [0.15, 0.2) is 0 Å². The zero-order valence-corrected chi connectivity index (χ0v) is 11.4. The van der Waals surface area contributed by atoms with Crippen molar-refractivity contribution in [1.82, 2.24) is 10.6 Å². The molecule has 1 atom stereocenters. The fourth-order valence-electron chi connectivity index (χ4n) is 0.883. The number of thiol groups is 1. The second-order valence-electron chi connectivity index (χ2n) is 3.43. The molecule has 7 nitrogen and oxygen atoms in total. The highest BCUT2D eigenvalue weighted by Crippen LogP contribution is 1.84. The quantitative estimate of drug-likeness (QED) is 0.236. The number of hydrogen-bond acceptors (Lipinski definition) is 6. The molecule has 0 aromatic carbocycles. The highest BCUT2D eigenvalue weighted by Gasteiger charge is 2.10. The smallest absolute Gasteiger partial charge is 0.321 e. The Morgan fingerprint density at radius 1 is 1.33 bits per heavy atom. The molecule has 0 fully saturated rings. The summed E-state index contributed by atoms with van der Waals surface area (Å²) in [5.41, 5.74) is 5.23. The molecule has 0 amide bonds. The maximum Gasteiger partial charge on any atom is 0.321 e. The number of likely N-dealkylation sites (N-methyl/N-ethyl adjacent to an activating group) is 1. The van der Waals surface area contributed by atoms with E-state index in [1.54, 1.807) is 7.05 Å². The Balaban J connectivity index is 0. The summed E-state index contributed by atoms with van der Waals surface area (Å²) in [7, 11) is 1.59. The van der Waals surface area contributed by atoms with Crippen molar-refractivity contribution in [3.63, 3.8) is 0 Å². The van der Waals surface area contributed by atoms with Crippen LogP contribution in [0.25, 0.3) is 0 Å². The first-order valence-corrected chi connectivity index (χ1v) is 6.26. The van der Waals surface area contributed by atoms with Crippen LogP contribution in [0.2, 0.25) is 0 Å². The molecule has 0 aliphatic heterocycles. The minimum Gasteiger partial charge on any atom is -0.480 e. The van der Waals surface area contributed by atoms with Crippen LogP contribution in [0.1, 0.15) is 12.8 Å². The summed E-state index contributed by atoms with van der Waals surface area (Å²) < 4.78 is 0. The summed E-state index contributed by atoms with van der Waals surface area (Å²) in [5, 5.41) is 21.8. The van der Waals surface area contributed by atoms with Crippen molar-refractivity contribution in [2.45, 2.75) is 18.9 Å². The molecule has 0 saturated heterocycles. The molecule has 0 aromatic heterocycles. The van der Waals surface area contributed by atoms with Crippen LogP contribution in [0, 0.1) is 0 Å². The monoisotopic (exact) mass is 281 g/mol. The van der Waals surface area contributed by atoms with Crippen molar-refractivity contribution in [1.29, 1.82) is 0 Å². The number of nitrogens with one attached hydrogen (secondary N) is 2. The van der Waals surface area contributed by atoms with Gasteiger partial charge < -0.3 is 26.6 Å². The molecule has 0 aliphatic carbocycles. The Kier molecular flexibility index (Phi) is 15.4. The largest absolute Gasteiger partial charge is 0.480 e. The molecule has 108 valence electrons. The van der Waals surface area contributed by atoms with Gasteiger partial charge in [-0.3, -0.25) is 9.59 Å². The number of unbranched alkanes of at least 4 members (excludes halogenated alkanes) is 1. The number of nitrogens with two attached hydrogens (primary N) is 1. The summed E-state index contributed by atoms with van der Waals surface area (Å²) >= 11 is 3.79. The number of hydrogen-bond donors (Lipinski definition) is 6. The molecule has 0 unspecified atom stereocenters. The summed E-state index contributed by atoms with van der Waals surface area (Å²) in [4.78, 5) is 20.0. The highest BCUT2D eigenvalue weighted by atomic mass is 32.1. The van der Waals surface area contributed by atoms with Crippen LogP contribution in [0.3, 0.4) is 0 Å². The number of aliphatic carboxylic acids is 2. The lowest BCUT2D eigenvalue weighted by Gasteiger charge is -2.04. The lowest BCUT2D eigenvalue weighted by atomic mass is 10.3. The Bertz CT molecular complexity index is 225. The molecule has 6 N–H and O–H groups in total. The van der Waals surface area contributed by atoms with Gasteiger partial charge in [0.05, 0.1) is 6.54 Å². The minimum absolute atomic E-state index is 0.0462. The first-order chi connectivity index (χ1) is 8.49. The molecular weight excluding hydrogens is 258 g/mol. The van der Waals surface area contributed by atoms with Gasteiger partial charge in [-0.1, -0.05) is 0 Å². The number of carbonyl (C=O) groups is 2. The van der Waals surface area contributed by atoms with Crippen molar-refractivity contribution in [3.8, 4) is 0 Å². The Hall–Kier alpha value is -0.830. The van der Waals surface area contributed by atoms with Gasteiger partial charge in [-0.15, -0.1) is 0 Å². The predicted octanol–water partition coefficient (Wildman–Crippen LogP) is -1.01. The van der Waals surface area contributed by atoms with Crippen molar-refractivity contribution >= 4 is 24.6 Å². The summed E-state index contributed by atoms with van der Waals surface area (Å²) in [6.45, 7) is 1.46. The van der Waals surface area contributed by atoms with E-state index in [4.69, 9.17) is 15.9 Å². The van der Waals surface area contributed by atoms with Gasteiger partial charge in [-0.25, -0.2) is 0 Å². The van der Waals surface area contributed by atoms with E-state index >= 15 is 0 Å². The van der Waals surface area contributed by atoms with E-state index in [-0.39, 0.29) is 6.54 Å². The van der Waals surface area contributed by atoms with Crippen LogP contribution < -0.4 is 16.4 Å². The third-order valence-corrected chi connectivity index (χ3v) is 2.28. The van der Waals surface area contributed by atoms with Gasteiger partial charge in [-0.2, -0.15) is 12.6 Å². The summed E-state index contributed by atoms with van der Waals surface area (Å²) in [5.74, 6) is -1.35. The molecule has 8 heteroatoms. The molecule has 0 rings (SSSR count). The molecule has 0 aliphatic rings. The second kappa shape index (κ2) is 14.2. The Morgan fingerprint density at radius 3 is 2.22 bits per heavy atom. The zero-order valence-electron chi connectivity index (χ0n) is 10.6. The van der Waals surface area contributed by atoms with E-state index in [0.717, 1.165) is 19.4 Å². The van der Waals surface area contributed by atoms with E-state index in [1.165, 1.54) is 0 Å². The maximum atomic E-state index is 10.1. The third-order valence-electron chi connectivity index (χ3n) is 1.91. The summed E-state index contributed by atoms with van der Waals surface area (Å²) in [6.07, 6.45) is 1.90. The van der Waals surface area contributed by atoms with E-state index in [2.05, 4.69) is 23.3 Å². The van der Waals surface area contributed by atoms with Gasteiger partial charge in [-0.05, 0) is 33.0 Å². The van der Waals surface area contributed by atoms with E-state index in [9.17, 15) is 9.59 Å². The Labute approximate surface area is 113 Å². The molecular formula is C10H23N3O4S. The molecule has 0 heterocycles. The van der Waals surface area contributed by atoms with Crippen LogP contribution >= 0.6 is 12.6 Å². The van der Waals surface area contributed by atoms with E-state index in [0.29, 0.717) is 12.3 Å². The maximum absolute atomic E-state index is 10.1. The minimum atomic E-state index is -0.859. The van der Waals surface area contributed by atoms with Gasteiger partial charge in [0.1, 0.15) is 6.04 Å². The van der Waals surface area contributed by atoms with Crippen LogP contribution in [-0.4, -0.2) is 60.6 Å². The molecule has 0 radical (unpaired) electrons. The fraction of sp³-hybridized carbons (Fsp3) is 0.800. The molecule has 0 spiro atoms. The molecule has 0 bridgehead atoms.